The van der Waals surface area contributed by atoms with Crippen LogP contribution >= 0.6 is 22.7 Å². The molecule has 134 valence electrons. The fourth-order valence-electron chi connectivity index (χ4n) is 2.32. The Bertz CT molecular complexity index is 1030. The third-order valence-electron chi connectivity index (χ3n) is 3.61. The lowest BCUT2D eigenvalue weighted by Crippen LogP contribution is -2.28. The van der Waals surface area contributed by atoms with Gasteiger partial charge < -0.3 is 5.32 Å². The van der Waals surface area contributed by atoms with Crippen LogP contribution < -0.4 is 10.6 Å². The van der Waals surface area contributed by atoms with Gasteiger partial charge in [0, 0.05) is 46.7 Å². The summed E-state index contributed by atoms with van der Waals surface area (Å²) < 4.78 is 0. The molecule has 0 bridgehead atoms. The molecule has 0 aliphatic carbocycles. The summed E-state index contributed by atoms with van der Waals surface area (Å²) in [7, 11) is 0. The van der Waals surface area contributed by atoms with E-state index < -0.39 is 0 Å². The molecule has 27 heavy (non-hydrogen) atoms. The molecule has 2 amide bonds. The van der Waals surface area contributed by atoms with Gasteiger partial charge in [0.05, 0.1) is 17.9 Å². The van der Waals surface area contributed by atoms with Crippen LogP contribution in [0.3, 0.4) is 0 Å². The van der Waals surface area contributed by atoms with Gasteiger partial charge in [0.25, 0.3) is 0 Å². The van der Waals surface area contributed by atoms with Crippen LogP contribution in [0, 0.1) is 0 Å². The maximum absolute atomic E-state index is 12.1. The summed E-state index contributed by atoms with van der Waals surface area (Å²) in [6, 6.07) is 7.27. The Kier molecular flexibility index (Phi) is 5.13. The van der Waals surface area contributed by atoms with Crippen molar-refractivity contribution in [3.8, 4) is 22.5 Å². The van der Waals surface area contributed by atoms with Gasteiger partial charge in [0.15, 0.2) is 5.13 Å². The van der Waals surface area contributed by atoms with Crippen molar-refractivity contribution in [1.82, 2.24) is 25.3 Å². The number of urea groups is 1. The lowest BCUT2D eigenvalue weighted by atomic mass is 10.2. The fraction of sp³-hybridized carbons (Fsp3) is 0.0556. The highest BCUT2D eigenvalue weighted by molar-refractivity contribution is 7.14. The second kappa shape index (κ2) is 8.02. The van der Waals surface area contributed by atoms with Gasteiger partial charge in [-0.2, -0.15) is 0 Å². The lowest BCUT2D eigenvalue weighted by molar-refractivity contribution is 0.251. The van der Waals surface area contributed by atoms with Crippen LogP contribution in [0.25, 0.3) is 22.5 Å². The van der Waals surface area contributed by atoms with Gasteiger partial charge in [-0.3, -0.25) is 15.3 Å². The molecule has 0 unspecified atom stereocenters. The molecule has 0 atom stereocenters. The predicted molar refractivity (Wildman–Crippen MR) is 107 cm³/mol. The smallest absolute Gasteiger partial charge is 0.321 e. The average molecular weight is 394 g/mol. The Morgan fingerprint density at radius 2 is 1.74 bits per heavy atom. The molecule has 4 rings (SSSR count). The Hall–Kier alpha value is -3.17. The van der Waals surface area contributed by atoms with Gasteiger partial charge in [-0.15, -0.1) is 22.7 Å². The first-order valence-corrected chi connectivity index (χ1v) is 9.79. The van der Waals surface area contributed by atoms with Gasteiger partial charge in [0.2, 0.25) is 0 Å². The van der Waals surface area contributed by atoms with Crippen molar-refractivity contribution in [3.63, 3.8) is 0 Å². The summed E-state index contributed by atoms with van der Waals surface area (Å²) >= 11 is 2.87. The number of carbonyl (C=O) groups is 1. The molecule has 7 nitrogen and oxygen atoms in total. The van der Waals surface area contributed by atoms with Crippen molar-refractivity contribution in [3.05, 3.63) is 64.8 Å². The Morgan fingerprint density at radius 1 is 0.926 bits per heavy atom. The van der Waals surface area contributed by atoms with Crippen molar-refractivity contribution in [2.75, 3.05) is 5.32 Å². The van der Waals surface area contributed by atoms with Crippen molar-refractivity contribution in [1.29, 1.82) is 0 Å². The molecule has 4 heterocycles. The fourth-order valence-corrected chi connectivity index (χ4v) is 3.78. The molecular formula is C18H14N6OS2. The number of aromatic nitrogens is 4. The van der Waals surface area contributed by atoms with E-state index in [1.165, 1.54) is 22.7 Å². The minimum atomic E-state index is -0.317. The van der Waals surface area contributed by atoms with E-state index in [1.807, 2.05) is 35.0 Å². The first kappa shape index (κ1) is 17.3. The van der Waals surface area contributed by atoms with E-state index in [9.17, 15) is 4.79 Å². The van der Waals surface area contributed by atoms with E-state index in [0.29, 0.717) is 11.7 Å². The molecule has 0 fully saturated rings. The number of anilines is 1. The van der Waals surface area contributed by atoms with Gasteiger partial charge in [-0.25, -0.2) is 14.8 Å². The van der Waals surface area contributed by atoms with Crippen molar-refractivity contribution in [2.45, 2.75) is 6.54 Å². The largest absolute Gasteiger partial charge is 0.331 e. The van der Waals surface area contributed by atoms with Crippen LogP contribution in [0.4, 0.5) is 9.93 Å². The SMILES string of the molecule is O=C(NCc1nc(-c2ccncc2)cs1)Nc1nc(-c2cccnc2)cs1. The van der Waals surface area contributed by atoms with Gasteiger partial charge in [-0.1, -0.05) is 0 Å². The zero-order valence-electron chi connectivity index (χ0n) is 14.0. The van der Waals surface area contributed by atoms with Crippen LogP contribution in [0.15, 0.2) is 59.8 Å². The number of carbonyl (C=O) groups excluding carboxylic acids is 1. The Balaban J connectivity index is 1.33. The quantitative estimate of drug-likeness (QED) is 0.533. The lowest BCUT2D eigenvalue weighted by Gasteiger charge is -2.03. The molecule has 0 saturated heterocycles. The highest BCUT2D eigenvalue weighted by Crippen LogP contribution is 2.24. The molecule has 2 N–H and O–H groups in total. The summed E-state index contributed by atoms with van der Waals surface area (Å²) in [6.07, 6.45) is 6.91. The van der Waals surface area contributed by atoms with Crippen LogP contribution in [0.1, 0.15) is 5.01 Å². The third kappa shape index (κ3) is 4.33. The first-order chi connectivity index (χ1) is 13.3. The topological polar surface area (TPSA) is 92.7 Å². The minimum absolute atomic E-state index is 0.317. The standard InChI is InChI=1S/C18H14N6OS2/c25-17(24-18-23-15(11-27-18)13-2-1-5-20-8-13)21-9-16-22-14(10-26-16)12-3-6-19-7-4-12/h1-8,10-11H,9H2,(H2,21,23,24,25). The summed E-state index contributed by atoms with van der Waals surface area (Å²) in [6.45, 7) is 0.350. The zero-order chi connectivity index (χ0) is 18.5. The molecule has 4 aromatic rings. The molecule has 0 spiro atoms. The van der Waals surface area contributed by atoms with Gasteiger partial charge in [0.1, 0.15) is 5.01 Å². The summed E-state index contributed by atoms with van der Waals surface area (Å²) in [5, 5.41) is 10.8. The van der Waals surface area contributed by atoms with Crippen LogP contribution in [0.2, 0.25) is 0 Å². The molecule has 0 aromatic carbocycles. The van der Waals surface area contributed by atoms with E-state index >= 15 is 0 Å². The van der Waals surface area contributed by atoms with Crippen LogP contribution in [0.5, 0.6) is 0 Å². The van der Waals surface area contributed by atoms with Crippen LogP contribution in [-0.4, -0.2) is 26.0 Å². The number of rotatable bonds is 5. The van der Waals surface area contributed by atoms with E-state index in [0.717, 1.165) is 27.5 Å². The number of amides is 2. The number of pyridine rings is 2. The maximum atomic E-state index is 12.1. The molecular weight excluding hydrogens is 380 g/mol. The highest BCUT2D eigenvalue weighted by atomic mass is 32.1. The molecule has 0 saturated carbocycles. The highest BCUT2D eigenvalue weighted by Gasteiger charge is 2.09. The summed E-state index contributed by atoms with van der Waals surface area (Å²) in [4.78, 5) is 29.1. The van der Waals surface area contributed by atoms with E-state index in [4.69, 9.17) is 0 Å². The monoisotopic (exact) mass is 394 g/mol. The van der Waals surface area contributed by atoms with Gasteiger partial charge >= 0.3 is 6.03 Å². The normalized spacial score (nSPS) is 10.5. The van der Waals surface area contributed by atoms with E-state index in [2.05, 4.69) is 30.6 Å². The second-order valence-electron chi connectivity index (χ2n) is 5.45. The average Bonchev–Trinajstić information content (AvgIpc) is 3.37. The van der Waals surface area contributed by atoms with Crippen molar-refractivity contribution >= 4 is 33.8 Å². The van der Waals surface area contributed by atoms with Crippen molar-refractivity contribution < 1.29 is 4.79 Å². The Labute approximate surface area is 163 Å². The number of hydrogen-bond acceptors (Lipinski definition) is 7. The minimum Gasteiger partial charge on any atom is -0.331 e. The second-order valence-corrected chi connectivity index (χ2v) is 7.25. The summed E-state index contributed by atoms with van der Waals surface area (Å²) in [5.74, 6) is 0. The molecule has 0 radical (unpaired) electrons. The number of hydrogen-bond donors (Lipinski definition) is 2. The molecule has 0 aliphatic rings. The van der Waals surface area contributed by atoms with E-state index in [1.54, 1.807) is 24.8 Å². The molecule has 0 aliphatic heterocycles. The third-order valence-corrected chi connectivity index (χ3v) is 5.22. The number of nitrogens with one attached hydrogen (secondary N) is 2. The summed E-state index contributed by atoms with van der Waals surface area (Å²) in [5.41, 5.74) is 3.57. The Morgan fingerprint density at radius 3 is 2.56 bits per heavy atom. The van der Waals surface area contributed by atoms with Crippen LogP contribution in [-0.2, 0) is 6.54 Å². The number of nitrogens with zero attached hydrogens (tertiary/aromatic N) is 4. The van der Waals surface area contributed by atoms with E-state index in [-0.39, 0.29) is 6.03 Å². The first-order valence-electron chi connectivity index (χ1n) is 8.03. The zero-order valence-corrected chi connectivity index (χ0v) is 15.6. The van der Waals surface area contributed by atoms with Crippen molar-refractivity contribution in [2.24, 2.45) is 0 Å². The predicted octanol–water partition coefficient (Wildman–Crippen LogP) is 4.05. The number of thiazole rings is 2. The maximum Gasteiger partial charge on any atom is 0.321 e. The molecule has 4 aromatic heterocycles. The molecule has 9 heteroatoms. The van der Waals surface area contributed by atoms with Gasteiger partial charge in [-0.05, 0) is 24.3 Å².